The highest BCUT2D eigenvalue weighted by Gasteiger charge is 2.33. The summed E-state index contributed by atoms with van der Waals surface area (Å²) in [5, 5.41) is 4.68. The van der Waals surface area contributed by atoms with Crippen molar-refractivity contribution in [2.24, 2.45) is 7.05 Å². The number of nitrogens with zero attached hydrogens (tertiary/aromatic N) is 5. The third-order valence-electron chi connectivity index (χ3n) is 5.37. The van der Waals surface area contributed by atoms with Gasteiger partial charge in [-0.15, -0.1) is 0 Å². The van der Waals surface area contributed by atoms with Crippen LogP contribution in [-0.2, 0) is 36.6 Å². The lowest BCUT2D eigenvalue weighted by molar-refractivity contribution is 0.386. The van der Waals surface area contributed by atoms with Crippen LogP contribution in [0.3, 0.4) is 0 Å². The van der Waals surface area contributed by atoms with Crippen LogP contribution in [0.1, 0.15) is 30.3 Å². The fourth-order valence-corrected chi connectivity index (χ4v) is 5.27. The molecule has 0 spiro atoms. The fourth-order valence-electron chi connectivity index (χ4n) is 3.86. The molecule has 0 saturated heterocycles. The van der Waals surface area contributed by atoms with Crippen molar-refractivity contribution in [3.63, 3.8) is 0 Å². The number of benzene rings is 1. The first-order chi connectivity index (χ1) is 13.8. The average molecular weight is 418 g/mol. The Morgan fingerprint density at radius 3 is 2.62 bits per heavy atom. The summed E-state index contributed by atoms with van der Waals surface area (Å²) < 4.78 is 44.8. The van der Waals surface area contributed by atoms with Gasteiger partial charge in [0.1, 0.15) is 11.5 Å². The molecule has 0 N–H and O–H groups in total. The molecule has 0 amide bonds. The molecule has 0 radical (unpaired) electrons. The van der Waals surface area contributed by atoms with Gasteiger partial charge in [0, 0.05) is 56.3 Å². The zero-order valence-corrected chi connectivity index (χ0v) is 17.6. The van der Waals surface area contributed by atoms with E-state index in [0.29, 0.717) is 13.0 Å². The van der Waals surface area contributed by atoms with Crippen molar-refractivity contribution in [1.29, 1.82) is 0 Å². The number of sulfonamides is 1. The molecular weight excluding hydrogens is 393 g/mol. The van der Waals surface area contributed by atoms with Crippen LogP contribution >= 0.6 is 0 Å². The number of fused-ring (bicyclic) bond motifs is 1. The summed E-state index contributed by atoms with van der Waals surface area (Å²) in [4.78, 5) is 4.65. The molecule has 29 heavy (non-hydrogen) atoms. The largest absolute Gasteiger partial charge is 0.327 e. The van der Waals surface area contributed by atoms with Crippen molar-refractivity contribution < 1.29 is 12.8 Å². The minimum absolute atomic E-state index is 0.0936. The first-order valence-electron chi connectivity index (χ1n) is 9.66. The quantitative estimate of drug-likeness (QED) is 0.640. The number of hydrogen-bond acceptors (Lipinski definition) is 4. The van der Waals surface area contributed by atoms with Gasteiger partial charge in [0.2, 0.25) is 10.0 Å². The van der Waals surface area contributed by atoms with Crippen LogP contribution in [0, 0.1) is 12.7 Å². The van der Waals surface area contributed by atoms with E-state index >= 15 is 0 Å². The Kier molecular flexibility index (Phi) is 5.04. The van der Waals surface area contributed by atoms with Gasteiger partial charge in [-0.3, -0.25) is 4.68 Å². The van der Waals surface area contributed by atoms with E-state index in [1.807, 2.05) is 24.9 Å². The van der Waals surface area contributed by atoms with Crippen molar-refractivity contribution in [2.75, 3.05) is 6.54 Å². The van der Waals surface area contributed by atoms with Crippen molar-refractivity contribution >= 4 is 10.0 Å². The number of rotatable bonds is 5. The third kappa shape index (κ3) is 3.38. The second-order valence-corrected chi connectivity index (χ2v) is 9.25. The van der Waals surface area contributed by atoms with Gasteiger partial charge in [-0.25, -0.2) is 17.8 Å². The molecule has 0 fully saturated rings. The fraction of sp³-hybridized carbons (Fsp3) is 0.400. The molecule has 1 aromatic carbocycles. The molecule has 0 bridgehead atoms. The predicted molar refractivity (Wildman–Crippen MR) is 107 cm³/mol. The first-order valence-corrected chi connectivity index (χ1v) is 11.1. The van der Waals surface area contributed by atoms with Gasteiger partial charge in [-0.05, 0) is 37.6 Å². The molecule has 1 aliphatic rings. The van der Waals surface area contributed by atoms with E-state index in [2.05, 4.69) is 21.6 Å². The normalized spacial score (nSPS) is 14.9. The highest BCUT2D eigenvalue weighted by Crippen LogP contribution is 2.32. The number of hydrogen-bond donors (Lipinski definition) is 0. The lowest BCUT2D eigenvalue weighted by Crippen LogP contribution is -2.36. The minimum atomic E-state index is -3.72. The minimum Gasteiger partial charge on any atom is -0.327 e. The zero-order chi connectivity index (χ0) is 20.8. The van der Waals surface area contributed by atoms with Gasteiger partial charge in [-0.1, -0.05) is 6.92 Å². The van der Waals surface area contributed by atoms with Crippen molar-refractivity contribution in [2.45, 2.75) is 44.7 Å². The van der Waals surface area contributed by atoms with Gasteiger partial charge in [0.25, 0.3) is 0 Å². The number of aryl methyl sites for hydroxylation is 2. The second kappa shape index (κ2) is 7.38. The van der Waals surface area contributed by atoms with Gasteiger partial charge in [0.15, 0.2) is 5.82 Å². The maximum absolute atomic E-state index is 13.2. The number of aromatic nitrogens is 4. The SMILES string of the molecule is CCCn1c(C)cnc1-c1nn(C)c2c1CN(S(=O)(=O)c1ccc(F)cc1)CC2. The van der Waals surface area contributed by atoms with Crippen LogP contribution in [0.2, 0.25) is 0 Å². The Morgan fingerprint density at radius 2 is 1.93 bits per heavy atom. The standard InChI is InChI=1S/C20H24FN5O2S/c1-4-10-26-14(2)12-22-20(26)19-17-13-25(11-9-18(17)24(3)23-19)29(27,28)16-7-5-15(21)6-8-16/h5-8,12H,4,9-11,13H2,1-3H3. The second-order valence-electron chi connectivity index (χ2n) is 7.31. The smallest absolute Gasteiger partial charge is 0.243 e. The number of imidazole rings is 1. The van der Waals surface area contributed by atoms with E-state index in [0.717, 1.165) is 41.4 Å². The van der Waals surface area contributed by atoms with Crippen LogP contribution in [0.4, 0.5) is 4.39 Å². The zero-order valence-electron chi connectivity index (χ0n) is 16.8. The summed E-state index contributed by atoms with van der Waals surface area (Å²) in [6.45, 7) is 5.51. The molecule has 0 unspecified atom stereocenters. The Hall–Kier alpha value is -2.52. The predicted octanol–water partition coefficient (Wildman–Crippen LogP) is 2.89. The maximum Gasteiger partial charge on any atom is 0.243 e. The summed E-state index contributed by atoms with van der Waals surface area (Å²) in [5.41, 5.74) is 3.68. The topological polar surface area (TPSA) is 73.0 Å². The van der Waals surface area contributed by atoms with Crippen molar-refractivity contribution in [3.05, 3.63) is 53.2 Å². The van der Waals surface area contributed by atoms with Crippen molar-refractivity contribution in [3.8, 4) is 11.5 Å². The van der Waals surface area contributed by atoms with Gasteiger partial charge >= 0.3 is 0 Å². The van der Waals surface area contributed by atoms with Gasteiger partial charge in [-0.2, -0.15) is 9.40 Å². The molecule has 7 nitrogen and oxygen atoms in total. The van der Waals surface area contributed by atoms with Gasteiger partial charge in [0.05, 0.1) is 4.90 Å². The van der Waals surface area contributed by atoms with Crippen molar-refractivity contribution in [1.82, 2.24) is 23.6 Å². The molecule has 9 heteroatoms. The van der Waals surface area contributed by atoms with Crippen LogP contribution in [0.5, 0.6) is 0 Å². The summed E-state index contributed by atoms with van der Waals surface area (Å²) >= 11 is 0. The van der Waals surface area contributed by atoms with Crippen LogP contribution in [0.25, 0.3) is 11.5 Å². The summed E-state index contributed by atoms with van der Waals surface area (Å²) in [5.74, 6) is 0.305. The molecule has 0 aliphatic carbocycles. The lowest BCUT2D eigenvalue weighted by atomic mass is 10.1. The molecular formula is C20H24FN5O2S. The molecule has 2 aromatic heterocycles. The molecule has 1 aliphatic heterocycles. The third-order valence-corrected chi connectivity index (χ3v) is 7.23. The molecule has 3 aromatic rings. The van der Waals surface area contributed by atoms with E-state index in [1.54, 1.807) is 0 Å². The monoisotopic (exact) mass is 417 g/mol. The molecule has 0 saturated carbocycles. The molecule has 0 atom stereocenters. The summed E-state index contributed by atoms with van der Waals surface area (Å²) in [7, 11) is -1.84. The van der Waals surface area contributed by atoms with E-state index < -0.39 is 15.8 Å². The first kappa shape index (κ1) is 19.8. The van der Waals surface area contributed by atoms with E-state index in [9.17, 15) is 12.8 Å². The highest BCUT2D eigenvalue weighted by atomic mass is 32.2. The lowest BCUT2D eigenvalue weighted by Gasteiger charge is -2.27. The Morgan fingerprint density at radius 1 is 1.21 bits per heavy atom. The van der Waals surface area contributed by atoms with E-state index in [-0.39, 0.29) is 11.4 Å². The summed E-state index contributed by atoms with van der Waals surface area (Å²) in [6.07, 6.45) is 3.35. The van der Waals surface area contributed by atoms with Crippen LogP contribution < -0.4 is 0 Å². The van der Waals surface area contributed by atoms with Gasteiger partial charge < -0.3 is 4.57 Å². The Balaban J connectivity index is 1.74. The van der Waals surface area contributed by atoms with E-state index in [4.69, 9.17) is 0 Å². The summed E-state index contributed by atoms with van der Waals surface area (Å²) in [6, 6.07) is 4.95. The Labute approximate surface area is 169 Å². The Bertz CT molecular complexity index is 1150. The molecule has 3 heterocycles. The highest BCUT2D eigenvalue weighted by molar-refractivity contribution is 7.89. The maximum atomic E-state index is 13.2. The number of halogens is 1. The van der Waals surface area contributed by atoms with Crippen LogP contribution in [0.15, 0.2) is 35.4 Å². The van der Waals surface area contributed by atoms with E-state index in [1.165, 1.54) is 28.6 Å². The average Bonchev–Trinajstić information content (AvgIpc) is 3.22. The molecule has 4 rings (SSSR count). The molecule has 154 valence electrons. The van der Waals surface area contributed by atoms with Crippen LogP contribution in [-0.4, -0.2) is 38.6 Å².